The molecule has 30 heavy (non-hydrogen) atoms. The minimum Gasteiger partial charge on any atom is -0.502 e. The highest BCUT2D eigenvalue weighted by molar-refractivity contribution is 6.01. The smallest absolute Gasteiger partial charge is 0.258 e. The van der Waals surface area contributed by atoms with E-state index >= 15 is 0 Å². The number of benzene rings is 3. The van der Waals surface area contributed by atoms with E-state index in [1.54, 1.807) is 17.0 Å². The first kappa shape index (κ1) is 19.6. The second-order valence-electron chi connectivity index (χ2n) is 7.29. The zero-order chi connectivity index (χ0) is 21.3. The van der Waals surface area contributed by atoms with Crippen molar-refractivity contribution >= 4 is 11.6 Å². The number of hydrogen-bond acceptors (Lipinski definition) is 5. The van der Waals surface area contributed by atoms with Gasteiger partial charge < -0.3 is 24.8 Å². The molecule has 154 valence electrons. The van der Waals surface area contributed by atoms with Crippen LogP contribution >= 0.6 is 0 Å². The number of carbonyl (C=O) groups excluding carboxylic acids is 1. The van der Waals surface area contributed by atoms with Gasteiger partial charge in [0.1, 0.15) is 6.17 Å². The Morgan fingerprint density at radius 2 is 1.63 bits per heavy atom. The van der Waals surface area contributed by atoms with Crippen molar-refractivity contribution < 1.29 is 19.4 Å². The van der Waals surface area contributed by atoms with Crippen LogP contribution < -0.4 is 14.8 Å². The third-order valence-corrected chi connectivity index (χ3v) is 5.31. The van der Waals surface area contributed by atoms with E-state index in [-0.39, 0.29) is 23.2 Å². The lowest BCUT2D eigenvalue weighted by atomic mass is 10.0. The van der Waals surface area contributed by atoms with Gasteiger partial charge in [-0.3, -0.25) is 4.79 Å². The molecule has 0 aliphatic carbocycles. The van der Waals surface area contributed by atoms with Gasteiger partial charge in [0.2, 0.25) is 5.75 Å². The Kier molecular flexibility index (Phi) is 5.23. The van der Waals surface area contributed by atoms with Crippen molar-refractivity contribution in [3.63, 3.8) is 0 Å². The number of methoxy groups -OCH3 is 2. The molecule has 0 fully saturated rings. The molecule has 0 saturated carbocycles. The number of hydrogen-bond donors (Lipinski definition) is 2. The predicted molar refractivity (Wildman–Crippen MR) is 115 cm³/mol. The van der Waals surface area contributed by atoms with Crippen molar-refractivity contribution in [1.29, 1.82) is 0 Å². The number of para-hydroxylation sites is 1. The summed E-state index contributed by atoms with van der Waals surface area (Å²) in [7, 11) is 2.97. The summed E-state index contributed by atoms with van der Waals surface area (Å²) >= 11 is 0. The molecule has 1 atom stereocenters. The summed E-state index contributed by atoms with van der Waals surface area (Å²) in [5, 5.41) is 13.8. The molecule has 0 radical (unpaired) electrons. The number of phenols is 1. The van der Waals surface area contributed by atoms with Crippen LogP contribution in [0.1, 0.15) is 33.2 Å². The molecule has 1 heterocycles. The van der Waals surface area contributed by atoms with E-state index < -0.39 is 6.17 Å². The fraction of sp³-hybridized carbons (Fsp3) is 0.208. The highest BCUT2D eigenvalue weighted by Gasteiger charge is 2.34. The van der Waals surface area contributed by atoms with Gasteiger partial charge in [-0.2, -0.15) is 0 Å². The Morgan fingerprint density at radius 3 is 2.27 bits per heavy atom. The first-order valence-corrected chi connectivity index (χ1v) is 9.68. The molecule has 1 amide bonds. The zero-order valence-electron chi connectivity index (χ0n) is 17.2. The van der Waals surface area contributed by atoms with Gasteiger partial charge in [0.15, 0.2) is 11.5 Å². The number of anilines is 1. The number of fused-ring (bicyclic) bond motifs is 1. The number of amides is 1. The minimum absolute atomic E-state index is 0.0686. The zero-order valence-corrected chi connectivity index (χ0v) is 17.2. The molecule has 3 aromatic rings. The van der Waals surface area contributed by atoms with E-state index in [1.165, 1.54) is 14.2 Å². The Morgan fingerprint density at radius 1 is 1.00 bits per heavy atom. The Balaban J connectivity index is 1.80. The largest absolute Gasteiger partial charge is 0.502 e. The first-order chi connectivity index (χ1) is 14.5. The summed E-state index contributed by atoms with van der Waals surface area (Å²) in [5.74, 6) is 0.429. The molecule has 6 heteroatoms. The summed E-state index contributed by atoms with van der Waals surface area (Å²) in [6, 6.07) is 19.0. The van der Waals surface area contributed by atoms with Crippen molar-refractivity contribution in [1.82, 2.24) is 4.90 Å². The lowest BCUT2D eigenvalue weighted by Gasteiger charge is -2.38. The lowest BCUT2D eigenvalue weighted by Crippen LogP contribution is -2.42. The normalized spacial score (nSPS) is 15.4. The van der Waals surface area contributed by atoms with Crippen LogP contribution in [0.25, 0.3) is 0 Å². The first-order valence-electron chi connectivity index (χ1n) is 9.68. The monoisotopic (exact) mass is 404 g/mol. The van der Waals surface area contributed by atoms with Gasteiger partial charge in [0.25, 0.3) is 5.91 Å². The van der Waals surface area contributed by atoms with Crippen LogP contribution in [0.2, 0.25) is 0 Å². The van der Waals surface area contributed by atoms with Gasteiger partial charge in [0, 0.05) is 17.8 Å². The van der Waals surface area contributed by atoms with Crippen molar-refractivity contribution in [2.24, 2.45) is 0 Å². The average Bonchev–Trinajstić information content (AvgIpc) is 2.77. The molecule has 0 saturated heterocycles. The standard InChI is InChI=1S/C24H24N2O4/c1-15-8-10-16(11-9-15)14-26-23(25-19-7-5-4-6-18(19)24(26)28)17-12-20(29-2)22(27)21(13-17)30-3/h4-13,23,25,27H,14H2,1-3H3/t23-/m0/s1. The SMILES string of the molecule is COc1cc([C@H]2Nc3ccccc3C(=O)N2Cc2ccc(C)cc2)cc(OC)c1O. The van der Waals surface area contributed by atoms with E-state index in [0.29, 0.717) is 12.1 Å². The average molecular weight is 404 g/mol. The van der Waals surface area contributed by atoms with Crippen LogP contribution in [-0.2, 0) is 6.54 Å². The van der Waals surface area contributed by atoms with Crippen LogP contribution in [-0.4, -0.2) is 30.1 Å². The fourth-order valence-corrected chi connectivity index (χ4v) is 3.68. The highest BCUT2D eigenvalue weighted by Crippen LogP contribution is 2.42. The molecule has 4 rings (SSSR count). The molecular weight excluding hydrogens is 380 g/mol. The quantitative estimate of drug-likeness (QED) is 0.656. The number of nitrogens with zero attached hydrogens (tertiary/aromatic N) is 1. The molecule has 1 aliphatic rings. The van der Waals surface area contributed by atoms with Gasteiger partial charge in [-0.05, 0) is 36.8 Å². The molecule has 1 aliphatic heterocycles. The van der Waals surface area contributed by atoms with Gasteiger partial charge in [-0.1, -0.05) is 42.0 Å². The van der Waals surface area contributed by atoms with E-state index in [0.717, 1.165) is 22.4 Å². The summed E-state index contributed by atoms with van der Waals surface area (Å²) in [5.41, 5.74) is 4.32. The maximum atomic E-state index is 13.4. The van der Waals surface area contributed by atoms with Gasteiger partial charge >= 0.3 is 0 Å². The summed E-state index contributed by atoms with van der Waals surface area (Å²) in [6.07, 6.45) is -0.461. The Bertz CT molecular complexity index is 1050. The maximum Gasteiger partial charge on any atom is 0.258 e. The van der Waals surface area contributed by atoms with Crippen molar-refractivity contribution in [3.8, 4) is 17.2 Å². The predicted octanol–water partition coefficient (Wildman–Crippen LogP) is 4.48. The van der Waals surface area contributed by atoms with Crippen LogP contribution in [0.5, 0.6) is 17.2 Å². The third-order valence-electron chi connectivity index (χ3n) is 5.31. The number of nitrogens with one attached hydrogen (secondary N) is 1. The molecule has 0 aromatic heterocycles. The van der Waals surface area contributed by atoms with Crippen molar-refractivity contribution in [3.05, 3.63) is 82.9 Å². The van der Waals surface area contributed by atoms with Crippen molar-refractivity contribution in [2.45, 2.75) is 19.6 Å². The fourth-order valence-electron chi connectivity index (χ4n) is 3.68. The van der Waals surface area contributed by atoms with E-state index in [2.05, 4.69) is 5.32 Å². The number of phenolic OH excluding ortho intramolecular Hbond substituents is 1. The molecule has 3 aromatic carbocycles. The molecule has 2 N–H and O–H groups in total. The topological polar surface area (TPSA) is 71.0 Å². The lowest BCUT2D eigenvalue weighted by molar-refractivity contribution is 0.0666. The Labute approximate surface area is 175 Å². The molecular formula is C24H24N2O4. The minimum atomic E-state index is -0.461. The summed E-state index contributed by atoms with van der Waals surface area (Å²) < 4.78 is 10.6. The maximum absolute atomic E-state index is 13.4. The van der Waals surface area contributed by atoms with Gasteiger partial charge in [-0.15, -0.1) is 0 Å². The van der Waals surface area contributed by atoms with Crippen LogP contribution in [0.15, 0.2) is 60.7 Å². The van der Waals surface area contributed by atoms with Crippen LogP contribution in [0.4, 0.5) is 5.69 Å². The van der Waals surface area contributed by atoms with E-state index in [4.69, 9.17) is 9.47 Å². The van der Waals surface area contributed by atoms with Crippen LogP contribution in [0.3, 0.4) is 0 Å². The number of ether oxygens (including phenoxy) is 2. The summed E-state index contributed by atoms with van der Waals surface area (Å²) in [4.78, 5) is 15.2. The van der Waals surface area contributed by atoms with Gasteiger partial charge in [-0.25, -0.2) is 0 Å². The van der Waals surface area contributed by atoms with Crippen molar-refractivity contribution in [2.75, 3.05) is 19.5 Å². The third kappa shape index (κ3) is 3.52. The van der Waals surface area contributed by atoms with Gasteiger partial charge in [0.05, 0.1) is 19.8 Å². The number of rotatable bonds is 5. The van der Waals surface area contributed by atoms with E-state index in [9.17, 15) is 9.90 Å². The number of aromatic hydroxyl groups is 1. The second kappa shape index (κ2) is 7.99. The molecule has 0 spiro atoms. The molecule has 0 unspecified atom stereocenters. The Hall–Kier alpha value is -3.67. The number of carbonyl (C=O) groups is 1. The highest BCUT2D eigenvalue weighted by atomic mass is 16.5. The number of aryl methyl sites for hydroxylation is 1. The second-order valence-corrected chi connectivity index (χ2v) is 7.29. The summed E-state index contributed by atoms with van der Waals surface area (Å²) in [6.45, 7) is 2.46. The molecule has 0 bridgehead atoms. The van der Waals surface area contributed by atoms with Crippen LogP contribution in [0, 0.1) is 6.92 Å². The van der Waals surface area contributed by atoms with E-state index in [1.807, 2.05) is 55.5 Å². The molecule has 6 nitrogen and oxygen atoms in total.